The van der Waals surface area contributed by atoms with Crippen molar-refractivity contribution >= 4 is 57.6 Å². The van der Waals surface area contributed by atoms with E-state index in [1.807, 2.05) is 42.5 Å². The Morgan fingerprint density at radius 1 is 1.03 bits per heavy atom. The van der Waals surface area contributed by atoms with E-state index in [-0.39, 0.29) is 17.2 Å². The first-order chi connectivity index (χ1) is 13.9. The van der Waals surface area contributed by atoms with Crippen LogP contribution in [-0.2, 0) is 11.8 Å². The van der Waals surface area contributed by atoms with E-state index in [0.717, 1.165) is 11.3 Å². The molecule has 0 N–H and O–H groups in total. The molecule has 1 aromatic heterocycles. The zero-order valence-electron chi connectivity index (χ0n) is 15.6. The number of anilines is 1. The van der Waals surface area contributed by atoms with Gasteiger partial charge in [-0.1, -0.05) is 65.9 Å². The lowest BCUT2D eigenvalue weighted by Crippen LogP contribution is -2.33. The van der Waals surface area contributed by atoms with Gasteiger partial charge in [0.15, 0.2) is 4.32 Å². The first-order valence-electron chi connectivity index (χ1n) is 8.76. The molecule has 0 radical (unpaired) electrons. The van der Waals surface area contributed by atoms with Crippen molar-refractivity contribution in [1.29, 1.82) is 0 Å². The number of amides is 1. The summed E-state index contributed by atoms with van der Waals surface area (Å²) in [6, 6.07) is 16.5. The highest BCUT2D eigenvalue weighted by Gasteiger charge is 2.37. The molecule has 29 heavy (non-hydrogen) atoms. The Labute approximate surface area is 182 Å². The van der Waals surface area contributed by atoms with E-state index in [1.165, 1.54) is 21.3 Å². The molecule has 5 nitrogen and oxygen atoms in total. The molecular formula is C21H16ClN3O2S2. The Kier molecular flexibility index (Phi) is 5.21. The number of nitrogens with zero attached hydrogens (tertiary/aromatic N) is 3. The Balaban J connectivity index is 1.78. The maximum atomic E-state index is 13.2. The van der Waals surface area contributed by atoms with Gasteiger partial charge in [0.25, 0.3) is 11.5 Å². The van der Waals surface area contributed by atoms with Crippen molar-refractivity contribution in [3.63, 3.8) is 0 Å². The molecule has 2 heterocycles. The molecule has 1 saturated heterocycles. The molecule has 4 rings (SSSR count). The van der Waals surface area contributed by atoms with E-state index < -0.39 is 0 Å². The van der Waals surface area contributed by atoms with Gasteiger partial charge in [-0.2, -0.15) is 0 Å². The maximum Gasteiger partial charge on any atom is 0.296 e. The first-order valence-corrected chi connectivity index (χ1v) is 10.4. The third kappa shape index (κ3) is 3.46. The molecule has 0 bridgehead atoms. The van der Waals surface area contributed by atoms with Gasteiger partial charge in [0, 0.05) is 12.1 Å². The van der Waals surface area contributed by atoms with Crippen LogP contribution in [0.15, 0.2) is 64.3 Å². The summed E-state index contributed by atoms with van der Waals surface area (Å²) in [5.41, 5.74) is 2.19. The Morgan fingerprint density at radius 3 is 2.34 bits per heavy atom. The summed E-state index contributed by atoms with van der Waals surface area (Å²) < 4.78 is 3.60. The number of aromatic nitrogens is 2. The smallest absolute Gasteiger partial charge is 0.283 e. The van der Waals surface area contributed by atoms with E-state index in [9.17, 15) is 9.59 Å². The van der Waals surface area contributed by atoms with Crippen molar-refractivity contribution in [2.75, 3.05) is 4.90 Å². The molecule has 1 aliphatic rings. The molecule has 146 valence electrons. The van der Waals surface area contributed by atoms with Gasteiger partial charge >= 0.3 is 0 Å². The normalized spacial score (nSPS) is 15.6. The maximum absolute atomic E-state index is 13.2. The highest BCUT2D eigenvalue weighted by Crippen LogP contribution is 2.36. The summed E-state index contributed by atoms with van der Waals surface area (Å²) >= 11 is 12.6. The summed E-state index contributed by atoms with van der Waals surface area (Å²) in [4.78, 5) is 28.1. The number of benzene rings is 2. The summed E-state index contributed by atoms with van der Waals surface area (Å²) in [5, 5.41) is 0.621. The van der Waals surface area contributed by atoms with Crippen molar-refractivity contribution < 1.29 is 4.79 Å². The second-order valence-electron chi connectivity index (χ2n) is 6.48. The van der Waals surface area contributed by atoms with E-state index in [1.54, 1.807) is 36.9 Å². The van der Waals surface area contributed by atoms with Crippen molar-refractivity contribution in [3.8, 4) is 5.69 Å². The molecular weight excluding hydrogens is 426 g/mol. The molecule has 1 aliphatic heterocycles. The van der Waals surface area contributed by atoms with Crippen LogP contribution in [0.25, 0.3) is 11.8 Å². The highest BCUT2D eigenvalue weighted by molar-refractivity contribution is 8.27. The van der Waals surface area contributed by atoms with Crippen LogP contribution in [0.4, 0.5) is 5.69 Å². The summed E-state index contributed by atoms with van der Waals surface area (Å²) in [6.07, 6.45) is 1.75. The SMILES string of the molecule is Cc1c(N2C(=O)/C(=C\c3ccc(Cl)cc3)SC2=S)c(=O)n(-c2ccccc2)n1C. The Bertz CT molecular complexity index is 1210. The van der Waals surface area contributed by atoms with Crippen LogP contribution in [0.1, 0.15) is 11.3 Å². The van der Waals surface area contributed by atoms with Crippen LogP contribution in [0.3, 0.4) is 0 Å². The van der Waals surface area contributed by atoms with Gasteiger partial charge in [-0.3, -0.25) is 19.2 Å². The molecule has 2 aromatic carbocycles. The second kappa shape index (κ2) is 7.67. The topological polar surface area (TPSA) is 47.2 Å². The van der Waals surface area contributed by atoms with E-state index in [4.69, 9.17) is 23.8 Å². The third-order valence-corrected chi connectivity index (χ3v) is 6.26. The predicted octanol–water partition coefficient (Wildman–Crippen LogP) is 4.54. The largest absolute Gasteiger partial charge is 0.296 e. The van der Waals surface area contributed by atoms with Gasteiger partial charge in [0.2, 0.25) is 0 Å². The standard InChI is InChI=1S/C21H16ClN3O2S2/c1-13-18(20(27)25(23(13)2)16-6-4-3-5-7-16)24-19(26)17(29-21(24)28)12-14-8-10-15(22)11-9-14/h3-12H,1-2H3/b17-12+. The average molecular weight is 442 g/mol. The highest BCUT2D eigenvalue weighted by atomic mass is 35.5. The molecule has 0 aliphatic carbocycles. The second-order valence-corrected chi connectivity index (χ2v) is 8.59. The minimum Gasteiger partial charge on any atom is -0.283 e. The fraction of sp³-hybridized carbons (Fsp3) is 0.0952. The van der Waals surface area contributed by atoms with Crippen LogP contribution in [-0.4, -0.2) is 19.6 Å². The number of hydrogen-bond donors (Lipinski definition) is 0. The number of thiocarbonyl (C=S) groups is 1. The van der Waals surface area contributed by atoms with Gasteiger partial charge in [0.05, 0.1) is 16.3 Å². The van der Waals surface area contributed by atoms with Crippen molar-refractivity contribution in [2.24, 2.45) is 7.05 Å². The third-order valence-electron chi connectivity index (χ3n) is 4.71. The quantitative estimate of drug-likeness (QED) is 0.442. The van der Waals surface area contributed by atoms with E-state index in [0.29, 0.717) is 19.9 Å². The van der Waals surface area contributed by atoms with Gasteiger partial charge in [-0.15, -0.1) is 0 Å². The number of carbonyl (C=O) groups excluding carboxylic acids is 1. The van der Waals surface area contributed by atoms with Gasteiger partial charge in [0.1, 0.15) is 5.69 Å². The number of rotatable bonds is 3. The fourth-order valence-corrected chi connectivity index (χ4v) is 4.58. The van der Waals surface area contributed by atoms with Crippen molar-refractivity contribution in [1.82, 2.24) is 9.36 Å². The molecule has 3 aromatic rings. The molecule has 1 fully saturated rings. The molecule has 0 unspecified atom stereocenters. The molecule has 8 heteroatoms. The first kappa shape index (κ1) is 19.7. The van der Waals surface area contributed by atoms with Gasteiger partial charge in [-0.05, 0) is 42.8 Å². The van der Waals surface area contributed by atoms with Crippen LogP contribution in [0, 0.1) is 6.92 Å². The Hall–Kier alpha value is -2.61. The zero-order valence-corrected chi connectivity index (χ0v) is 18.0. The number of carbonyl (C=O) groups is 1. The lowest BCUT2D eigenvalue weighted by molar-refractivity contribution is -0.113. The van der Waals surface area contributed by atoms with E-state index in [2.05, 4.69) is 0 Å². The Morgan fingerprint density at radius 2 is 1.69 bits per heavy atom. The fourth-order valence-electron chi connectivity index (χ4n) is 3.18. The summed E-state index contributed by atoms with van der Waals surface area (Å²) in [6.45, 7) is 1.80. The minimum atomic E-state index is -0.305. The molecule has 0 saturated carbocycles. The van der Waals surface area contributed by atoms with Crippen LogP contribution < -0.4 is 10.5 Å². The minimum absolute atomic E-state index is 0.276. The number of para-hydroxylation sites is 1. The lowest BCUT2D eigenvalue weighted by Gasteiger charge is -2.12. The number of thioether (sulfide) groups is 1. The lowest BCUT2D eigenvalue weighted by atomic mass is 10.2. The van der Waals surface area contributed by atoms with E-state index >= 15 is 0 Å². The zero-order chi connectivity index (χ0) is 20.7. The van der Waals surface area contributed by atoms with Crippen molar-refractivity contribution in [3.05, 3.63) is 86.1 Å². The summed E-state index contributed by atoms with van der Waals surface area (Å²) in [5.74, 6) is -0.305. The molecule has 0 atom stereocenters. The van der Waals surface area contributed by atoms with Crippen molar-refractivity contribution in [2.45, 2.75) is 6.92 Å². The number of halogens is 1. The monoisotopic (exact) mass is 441 g/mol. The van der Waals surface area contributed by atoms with Crippen LogP contribution >= 0.6 is 35.6 Å². The van der Waals surface area contributed by atoms with Crippen LogP contribution in [0.2, 0.25) is 5.02 Å². The van der Waals surface area contributed by atoms with Crippen LogP contribution in [0.5, 0.6) is 0 Å². The van der Waals surface area contributed by atoms with Gasteiger partial charge in [-0.25, -0.2) is 4.68 Å². The summed E-state index contributed by atoms with van der Waals surface area (Å²) in [7, 11) is 1.79. The molecule has 0 spiro atoms. The average Bonchev–Trinajstić information content (AvgIpc) is 3.10. The predicted molar refractivity (Wildman–Crippen MR) is 123 cm³/mol. The van der Waals surface area contributed by atoms with Gasteiger partial charge < -0.3 is 0 Å². The molecule has 1 amide bonds. The number of hydrogen-bond acceptors (Lipinski definition) is 4.